The van der Waals surface area contributed by atoms with Crippen LogP contribution in [0.4, 0.5) is 0 Å². The van der Waals surface area contributed by atoms with Crippen LogP contribution in [-0.4, -0.2) is 30.0 Å². The topological polar surface area (TPSA) is 41.6 Å². The van der Waals surface area contributed by atoms with Crippen molar-refractivity contribution in [3.63, 3.8) is 0 Å². The van der Waals surface area contributed by atoms with E-state index in [-0.39, 0.29) is 0 Å². The van der Waals surface area contributed by atoms with Crippen LogP contribution in [0.25, 0.3) is 0 Å². The molecular formula is C10H19N3. The summed E-state index contributed by atoms with van der Waals surface area (Å²) in [5, 5.41) is 0. The summed E-state index contributed by atoms with van der Waals surface area (Å²) < 4.78 is 0. The Morgan fingerprint density at radius 2 is 1.85 bits per heavy atom. The number of rotatable bonds is 2. The van der Waals surface area contributed by atoms with Crippen LogP contribution in [0.1, 0.15) is 38.5 Å². The van der Waals surface area contributed by atoms with Gasteiger partial charge in [-0.3, -0.25) is 0 Å². The third-order valence-electron chi connectivity index (χ3n) is 3.10. The number of aliphatic imine (C=N–C) groups is 1. The fourth-order valence-electron chi connectivity index (χ4n) is 1.96. The molecule has 2 aliphatic rings. The van der Waals surface area contributed by atoms with Crippen molar-refractivity contribution in [2.45, 2.75) is 50.6 Å². The Morgan fingerprint density at radius 3 is 2.38 bits per heavy atom. The predicted molar refractivity (Wildman–Crippen MR) is 54.7 cm³/mol. The van der Waals surface area contributed by atoms with Gasteiger partial charge in [-0.2, -0.15) is 0 Å². The Hall–Kier alpha value is -0.730. The first-order valence-electron chi connectivity index (χ1n) is 5.33. The lowest BCUT2D eigenvalue weighted by Gasteiger charge is -2.25. The Bertz CT molecular complexity index is 202. The lowest BCUT2D eigenvalue weighted by atomic mass is 10.2. The highest BCUT2D eigenvalue weighted by Gasteiger charge is 2.24. The molecule has 3 nitrogen and oxygen atoms in total. The first-order valence-corrected chi connectivity index (χ1v) is 5.33. The van der Waals surface area contributed by atoms with Crippen molar-refractivity contribution in [2.75, 3.05) is 7.05 Å². The maximum Gasteiger partial charge on any atom is 0.191 e. The molecule has 0 aliphatic heterocycles. The number of hydrogen-bond donors (Lipinski definition) is 1. The molecule has 0 aromatic carbocycles. The fraction of sp³-hybridized carbons (Fsp3) is 0.900. The van der Waals surface area contributed by atoms with Gasteiger partial charge in [0.25, 0.3) is 0 Å². The van der Waals surface area contributed by atoms with E-state index in [1.54, 1.807) is 0 Å². The molecule has 13 heavy (non-hydrogen) atoms. The van der Waals surface area contributed by atoms with Crippen LogP contribution in [-0.2, 0) is 0 Å². The summed E-state index contributed by atoms with van der Waals surface area (Å²) in [6.45, 7) is 0. The van der Waals surface area contributed by atoms with Crippen molar-refractivity contribution >= 4 is 5.96 Å². The van der Waals surface area contributed by atoms with Crippen LogP contribution in [0.15, 0.2) is 4.99 Å². The van der Waals surface area contributed by atoms with Gasteiger partial charge < -0.3 is 10.6 Å². The van der Waals surface area contributed by atoms with Crippen molar-refractivity contribution < 1.29 is 0 Å². The fourth-order valence-corrected chi connectivity index (χ4v) is 1.96. The molecule has 2 N–H and O–H groups in total. The summed E-state index contributed by atoms with van der Waals surface area (Å²) in [6.07, 6.45) is 7.75. The average Bonchev–Trinajstić information content (AvgIpc) is 2.78. The highest BCUT2D eigenvalue weighted by Crippen LogP contribution is 2.25. The minimum absolute atomic E-state index is 0.545. The molecule has 0 saturated heterocycles. The predicted octanol–water partition coefficient (Wildman–Crippen LogP) is 1.34. The molecule has 0 spiro atoms. The first-order chi connectivity index (χ1) is 6.27. The van der Waals surface area contributed by atoms with Crippen LogP contribution in [0, 0.1) is 0 Å². The molecule has 0 aromatic heterocycles. The van der Waals surface area contributed by atoms with Crippen LogP contribution >= 0.6 is 0 Å². The van der Waals surface area contributed by atoms with Crippen molar-refractivity contribution in [1.29, 1.82) is 0 Å². The summed E-state index contributed by atoms with van der Waals surface area (Å²) in [5.41, 5.74) is 5.91. The van der Waals surface area contributed by atoms with E-state index >= 15 is 0 Å². The maximum absolute atomic E-state index is 5.91. The second-order valence-corrected chi connectivity index (χ2v) is 4.27. The second kappa shape index (κ2) is 3.56. The lowest BCUT2D eigenvalue weighted by molar-refractivity contribution is 0.367. The second-order valence-electron chi connectivity index (χ2n) is 4.27. The molecule has 0 heterocycles. The summed E-state index contributed by atoms with van der Waals surface area (Å²) in [6, 6.07) is 1.20. The quantitative estimate of drug-likeness (QED) is 0.516. The summed E-state index contributed by atoms with van der Waals surface area (Å²) in [7, 11) is 2.08. The zero-order valence-corrected chi connectivity index (χ0v) is 8.37. The molecular weight excluding hydrogens is 162 g/mol. The van der Waals surface area contributed by atoms with Gasteiger partial charge in [-0.1, -0.05) is 12.8 Å². The number of hydrogen-bond acceptors (Lipinski definition) is 1. The van der Waals surface area contributed by atoms with Gasteiger partial charge in [0.15, 0.2) is 5.96 Å². The van der Waals surface area contributed by atoms with Gasteiger partial charge in [0.05, 0.1) is 6.04 Å². The van der Waals surface area contributed by atoms with Crippen LogP contribution in [0.5, 0.6) is 0 Å². The smallest absolute Gasteiger partial charge is 0.191 e. The highest BCUT2D eigenvalue weighted by atomic mass is 15.3. The van der Waals surface area contributed by atoms with Gasteiger partial charge >= 0.3 is 0 Å². The molecule has 0 bridgehead atoms. The largest absolute Gasteiger partial charge is 0.370 e. The number of guanidine groups is 1. The van der Waals surface area contributed by atoms with E-state index < -0.39 is 0 Å². The molecule has 0 amide bonds. The van der Waals surface area contributed by atoms with Crippen LogP contribution in [0.3, 0.4) is 0 Å². The molecule has 0 aromatic rings. The SMILES string of the molecule is CN(C(N)=NC1CC1)C1CCCC1. The molecule has 0 radical (unpaired) electrons. The molecule has 2 saturated carbocycles. The summed E-state index contributed by atoms with van der Waals surface area (Å²) in [5.74, 6) is 0.759. The lowest BCUT2D eigenvalue weighted by Crippen LogP contribution is -2.40. The minimum Gasteiger partial charge on any atom is -0.370 e. The number of nitrogens with two attached hydrogens (primary N) is 1. The Morgan fingerprint density at radius 1 is 1.23 bits per heavy atom. The zero-order valence-electron chi connectivity index (χ0n) is 8.37. The van der Waals surface area contributed by atoms with Crippen LogP contribution < -0.4 is 5.73 Å². The molecule has 0 unspecified atom stereocenters. The Balaban J connectivity index is 1.89. The van der Waals surface area contributed by atoms with E-state index in [2.05, 4.69) is 16.9 Å². The van der Waals surface area contributed by atoms with E-state index in [1.807, 2.05) is 0 Å². The normalized spacial score (nSPS) is 25.2. The molecule has 3 heteroatoms. The third kappa shape index (κ3) is 2.14. The first kappa shape index (κ1) is 8.85. The summed E-state index contributed by atoms with van der Waals surface area (Å²) in [4.78, 5) is 6.63. The average molecular weight is 181 g/mol. The van der Waals surface area contributed by atoms with Gasteiger partial charge in [0.1, 0.15) is 0 Å². The standard InChI is InChI=1S/C10H19N3/c1-13(9-4-2-3-5-9)10(11)12-8-6-7-8/h8-9H,2-7H2,1H3,(H2,11,12). The van der Waals surface area contributed by atoms with Gasteiger partial charge in [-0.25, -0.2) is 4.99 Å². The highest BCUT2D eigenvalue weighted by molar-refractivity contribution is 5.78. The molecule has 2 fully saturated rings. The third-order valence-corrected chi connectivity index (χ3v) is 3.10. The maximum atomic E-state index is 5.91. The van der Waals surface area contributed by atoms with Crippen LogP contribution in [0.2, 0.25) is 0 Å². The zero-order chi connectivity index (χ0) is 9.26. The summed E-state index contributed by atoms with van der Waals surface area (Å²) >= 11 is 0. The molecule has 74 valence electrons. The number of nitrogens with zero attached hydrogens (tertiary/aromatic N) is 2. The van der Waals surface area contributed by atoms with E-state index in [0.29, 0.717) is 12.1 Å². The Labute approximate surface area is 80.0 Å². The van der Waals surface area contributed by atoms with E-state index in [9.17, 15) is 0 Å². The van der Waals surface area contributed by atoms with Gasteiger partial charge in [0.2, 0.25) is 0 Å². The van der Waals surface area contributed by atoms with Gasteiger partial charge in [-0.15, -0.1) is 0 Å². The van der Waals surface area contributed by atoms with Crippen molar-refractivity contribution in [2.24, 2.45) is 10.7 Å². The van der Waals surface area contributed by atoms with Gasteiger partial charge in [-0.05, 0) is 25.7 Å². The van der Waals surface area contributed by atoms with E-state index in [4.69, 9.17) is 5.73 Å². The molecule has 2 rings (SSSR count). The molecule has 2 aliphatic carbocycles. The Kier molecular flexibility index (Phi) is 2.42. The van der Waals surface area contributed by atoms with Crippen molar-refractivity contribution in [1.82, 2.24) is 4.90 Å². The van der Waals surface area contributed by atoms with Gasteiger partial charge in [0, 0.05) is 13.1 Å². The van der Waals surface area contributed by atoms with Crippen molar-refractivity contribution in [3.05, 3.63) is 0 Å². The monoisotopic (exact) mass is 181 g/mol. The van der Waals surface area contributed by atoms with E-state index in [0.717, 1.165) is 5.96 Å². The minimum atomic E-state index is 0.545. The molecule has 0 atom stereocenters. The van der Waals surface area contributed by atoms with E-state index in [1.165, 1.54) is 38.5 Å². The van der Waals surface area contributed by atoms with Crippen molar-refractivity contribution in [3.8, 4) is 0 Å².